The Kier molecular flexibility index (Phi) is 5.20. The molecule has 0 aliphatic carbocycles. The van der Waals surface area contributed by atoms with Gasteiger partial charge in [0.25, 0.3) is 0 Å². The van der Waals surface area contributed by atoms with Gasteiger partial charge in [-0.05, 0) is 18.9 Å². The number of nitrogens with zero attached hydrogens (tertiary/aromatic N) is 3. The van der Waals surface area contributed by atoms with Crippen LogP contribution in [-0.4, -0.2) is 46.1 Å². The molecule has 2 aliphatic rings. The number of amides is 1. The quantitative estimate of drug-likeness (QED) is 0.737. The van der Waals surface area contributed by atoms with Gasteiger partial charge in [0.15, 0.2) is 0 Å². The second-order valence-electron chi connectivity index (χ2n) is 7.30. The molecular weight excluding hydrogens is 328 g/mol. The third kappa shape index (κ3) is 4.07. The van der Waals surface area contributed by atoms with E-state index in [1.54, 1.807) is 0 Å². The van der Waals surface area contributed by atoms with Crippen molar-refractivity contribution in [1.29, 1.82) is 0 Å². The Bertz CT molecular complexity index is 715. The molecule has 26 heavy (non-hydrogen) atoms. The number of hydrogen-bond acceptors (Lipinski definition) is 4. The van der Waals surface area contributed by atoms with Crippen LogP contribution in [0.25, 0.3) is 0 Å². The van der Waals surface area contributed by atoms with E-state index in [1.807, 2.05) is 24.8 Å². The number of para-hydroxylation sites is 1. The SMILES string of the molecule is O=C1C[C@H]2CN(Cc3ccccc3OCCCCn3ccnc3)C[C@H]2N1. The number of nitrogens with one attached hydrogen (secondary N) is 1. The van der Waals surface area contributed by atoms with Gasteiger partial charge in [-0.2, -0.15) is 0 Å². The van der Waals surface area contributed by atoms with E-state index >= 15 is 0 Å². The standard InChI is InChI=1S/C20H26N4O2/c25-20-11-17-13-24(14-18(17)22-20)12-16-5-1-2-6-19(16)26-10-4-3-8-23-9-7-21-15-23/h1-2,5-7,9,15,17-18H,3-4,8,10-14H2,(H,22,25)/t17-,18+/m0/s1. The molecule has 1 aromatic carbocycles. The highest BCUT2D eigenvalue weighted by molar-refractivity contribution is 5.79. The number of carbonyl (C=O) groups is 1. The number of unbranched alkanes of at least 4 members (excludes halogenated alkanes) is 1. The molecule has 2 atom stereocenters. The summed E-state index contributed by atoms with van der Waals surface area (Å²) in [4.78, 5) is 18.0. The number of fused-ring (bicyclic) bond motifs is 1. The van der Waals surface area contributed by atoms with Crippen LogP contribution in [0.1, 0.15) is 24.8 Å². The van der Waals surface area contributed by atoms with E-state index in [4.69, 9.17) is 4.74 Å². The Labute approximate surface area is 154 Å². The first-order chi connectivity index (χ1) is 12.8. The average molecular weight is 354 g/mol. The van der Waals surface area contributed by atoms with Crippen molar-refractivity contribution in [1.82, 2.24) is 19.8 Å². The lowest BCUT2D eigenvalue weighted by atomic mass is 10.1. The van der Waals surface area contributed by atoms with Crippen molar-refractivity contribution in [2.45, 2.75) is 38.4 Å². The summed E-state index contributed by atoms with van der Waals surface area (Å²) >= 11 is 0. The van der Waals surface area contributed by atoms with Crippen LogP contribution in [0.3, 0.4) is 0 Å². The second-order valence-corrected chi connectivity index (χ2v) is 7.30. The van der Waals surface area contributed by atoms with Gasteiger partial charge in [-0.3, -0.25) is 9.69 Å². The third-order valence-electron chi connectivity index (χ3n) is 5.30. The Balaban J connectivity index is 1.25. The van der Waals surface area contributed by atoms with Crippen LogP contribution in [0.2, 0.25) is 0 Å². The first kappa shape index (κ1) is 17.1. The van der Waals surface area contributed by atoms with Crippen LogP contribution in [0.15, 0.2) is 43.0 Å². The normalized spacial score (nSPS) is 22.4. The molecule has 0 unspecified atom stereocenters. The Morgan fingerprint density at radius 3 is 3.00 bits per heavy atom. The largest absolute Gasteiger partial charge is 0.493 e. The van der Waals surface area contributed by atoms with E-state index in [0.29, 0.717) is 18.4 Å². The zero-order valence-electron chi connectivity index (χ0n) is 15.0. The lowest BCUT2D eigenvalue weighted by molar-refractivity contribution is -0.119. The predicted molar refractivity (Wildman–Crippen MR) is 98.7 cm³/mol. The van der Waals surface area contributed by atoms with Gasteiger partial charge in [0.1, 0.15) is 5.75 Å². The maximum Gasteiger partial charge on any atom is 0.220 e. The summed E-state index contributed by atoms with van der Waals surface area (Å²) in [5, 5.41) is 3.09. The molecule has 6 nitrogen and oxygen atoms in total. The highest BCUT2D eigenvalue weighted by atomic mass is 16.5. The van der Waals surface area contributed by atoms with Gasteiger partial charge in [-0.1, -0.05) is 18.2 Å². The number of aryl methyl sites for hydroxylation is 1. The molecule has 6 heteroatoms. The number of aromatic nitrogens is 2. The van der Waals surface area contributed by atoms with Crippen molar-refractivity contribution >= 4 is 5.91 Å². The molecule has 1 aromatic heterocycles. The van der Waals surface area contributed by atoms with Gasteiger partial charge >= 0.3 is 0 Å². The van der Waals surface area contributed by atoms with Crippen molar-refractivity contribution < 1.29 is 9.53 Å². The Morgan fingerprint density at radius 2 is 2.15 bits per heavy atom. The van der Waals surface area contributed by atoms with Crippen LogP contribution in [0.4, 0.5) is 0 Å². The van der Waals surface area contributed by atoms with E-state index < -0.39 is 0 Å². The summed E-state index contributed by atoms with van der Waals surface area (Å²) in [7, 11) is 0. The van der Waals surface area contributed by atoms with Gasteiger partial charge in [0.2, 0.25) is 5.91 Å². The first-order valence-electron chi connectivity index (χ1n) is 9.46. The number of rotatable bonds is 8. The van der Waals surface area contributed by atoms with Crippen LogP contribution in [-0.2, 0) is 17.9 Å². The van der Waals surface area contributed by atoms with Crippen LogP contribution < -0.4 is 10.1 Å². The van der Waals surface area contributed by atoms with E-state index in [2.05, 4.69) is 38.0 Å². The van der Waals surface area contributed by atoms with Crippen molar-refractivity contribution in [3.63, 3.8) is 0 Å². The molecule has 1 amide bonds. The van der Waals surface area contributed by atoms with Crippen molar-refractivity contribution in [3.8, 4) is 5.75 Å². The Hall–Kier alpha value is -2.34. The lowest BCUT2D eigenvalue weighted by Crippen LogP contribution is -2.32. The summed E-state index contributed by atoms with van der Waals surface area (Å²) in [5.41, 5.74) is 1.23. The van der Waals surface area contributed by atoms with Crippen LogP contribution in [0.5, 0.6) is 5.75 Å². The summed E-state index contributed by atoms with van der Waals surface area (Å²) < 4.78 is 8.15. The molecule has 0 spiro atoms. The van der Waals surface area contributed by atoms with Gasteiger partial charge in [0, 0.05) is 62.5 Å². The van der Waals surface area contributed by atoms with E-state index in [0.717, 1.165) is 51.4 Å². The van der Waals surface area contributed by atoms with Gasteiger partial charge < -0.3 is 14.6 Å². The highest BCUT2D eigenvalue weighted by Crippen LogP contribution is 2.28. The van der Waals surface area contributed by atoms with Crippen molar-refractivity contribution in [2.24, 2.45) is 5.92 Å². The molecule has 138 valence electrons. The topological polar surface area (TPSA) is 59.4 Å². The Morgan fingerprint density at radius 1 is 1.23 bits per heavy atom. The molecule has 1 N–H and O–H groups in total. The van der Waals surface area contributed by atoms with Crippen molar-refractivity contribution in [3.05, 3.63) is 48.5 Å². The molecule has 2 saturated heterocycles. The molecule has 2 aliphatic heterocycles. The number of imidazole rings is 1. The fourth-order valence-corrected chi connectivity index (χ4v) is 3.98. The number of likely N-dealkylation sites (tertiary alicyclic amines) is 1. The lowest BCUT2D eigenvalue weighted by Gasteiger charge is -2.19. The zero-order valence-corrected chi connectivity index (χ0v) is 15.0. The maximum absolute atomic E-state index is 11.5. The fraction of sp³-hybridized carbons (Fsp3) is 0.500. The van der Waals surface area contributed by atoms with E-state index in [1.165, 1.54) is 5.56 Å². The smallest absolute Gasteiger partial charge is 0.220 e. The minimum absolute atomic E-state index is 0.207. The van der Waals surface area contributed by atoms with E-state index in [-0.39, 0.29) is 5.91 Å². The van der Waals surface area contributed by atoms with Crippen molar-refractivity contribution in [2.75, 3.05) is 19.7 Å². The molecule has 2 aromatic rings. The molecule has 2 fully saturated rings. The summed E-state index contributed by atoms with van der Waals surface area (Å²) in [5.74, 6) is 1.66. The van der Waals surface area contributed by atoms with Gasteiger partial charge in [0.05, 0.1) is 12.9 Å². The number of carbonyl (C=O) groups excluding carboxylic acids is 1. The minimum Gasteiger partial charge on any atom is -0.493 e. The first-order valence-corrected chi connectivity index (χ1v) is 9.46. The summed E-state index contributed by atoms with van der Waals surface area (Å²) in [6.45, 7) is 4.52. The third-order valence-corrected chi connectivity index (χ3v) is 5.30. The van der Waals surface area contributed by atoms with Crippen LogP contribution in [0, 0.1) is 5.92 Å². The minimum atomic E-state index is 0.207. The maximum atomic E-state index is 11.5. The molecular formula is C20H26N4O2. The predicted octanol–water partition coefficient (Wildman–Crippen LogP) is 2.06. The van der Waals surface area contributed by atoms with Gasteiger partial charge in [-0.15, -0.1) is 0 Å². The summed E-state index contributed by atoms with van der Waals surface area (Å²) in [6.07, 6.45) is 8.43. The molecule has 3 heterocycles. The van der Waals surface area contributed by atoms with Crippen LogP contribution >= 0.6 is 0 Å². The molecule has 4 rings (SSSR count). The highest BCUT2D eigenvalue weighted by Gasteiger charge is 2.39. The number of ether oxygens (including phenoxy) is 1. The number of benzene rings is 1. The summed E-state index contributed by atoms with van der Waals surface area (Å²) in [6, 6.07) is 8.64. The average Bonchev–Trinajstić information content (AvgIpc) is 3.33. The molecule has 0 saturated carbocycles. The van der Waals surface area contributed by atoms with E-state index in [9.17, 15) is 4.79 Å². The monoisotopic (exact) mass is 354 g/mol. The fourth-order valence-electron chi connectivity index (χ4n) is 3.98. The molecule has 0 bridgehead atoms. The number of hydrogen-bond donors (Lipinski definition) is 1. The zero-order chi connectivity index (χ0) is 17.8. The second kappa shape index (κ2) is 7.91. The van der Waals surface area contributed by atoms with Gasteiger partial charge in [-0.25, -0.2) is 4.98 Å². The molecule has 0 radical (unpaired) electrons.